The molecule has 2 aromatic rings. The molecule has 0 atom stereocenters. The third kappa shape index (κ3) is 3.43. The van der Waals surface area contributed by atoms with Gasteiger partial charge < -0.3 is 9.30 Å². The molecule has 7 heteroatoms. The standard InChI is InChI=1S/C13H19N5O2/c1-10-11(12(19)20-13(2,3)4)15-16-18(10)8-7-17-6-5-14-9-17/h5-6,9H,7-8H2,1-4H3. The Morgan fingerprint density at radius 2 is 2.10 bits per heavy atom. The normalized spacial score (nSPS) is 11.6. The number of rotatable bonds is 4. The maximum Gasteiger partial charge on any atom is 0.361 e. The third-order valence-electron chi connectivity index (χ3n) is 2.70. The molecule has 0 aromatic carbocycles. The van der Waals surface area contributed by atoms with Gasteiger partial charge in [-0.2, -0.15) is 0 Å². The molecule has 0 bridgehead atoms. The molecule has 2 rings (SSSR count). The van der Waals surface area contributed by atoms with E-state index in [0.717, 1.165) is 6.54 Å². The van der Waals surface area contributed by atoms with Crippen molar-refractivity contribution in [2.24, 2.45) is 0 Å². The summed E-state index contributed by atoms with van der Waals surface area (Å²) in [6.45, 7) is 8.63. The first-order chi connectivity index (χ1) is 9.37. The van der Waals surface area contributed by atoms with Crippen LogP contribution in [0.5, 0.6) is 0 Å². The fraction of sp³-hybridized carbons (Fsp3) is 0.538. The van der Waals surface area contributed by atoms with Gasteiger partial charge in [0.15, 0.2) is 5.69 Å². The summed E-state index contributed by atoms with van der Waals surface area (Å²) in [6.07, 6.45) is 5.34. The molecule has 0 saturated carbocycles. The number of carbonyl (C=O) groups excluding carboxylic acids is 1. The quantitative estimate of drug-likeness (QED) is 0.790. The van der Waals surface area contributed by atoms with E-state index in [1.165, 1.54) is 0 Å². The second-order valence-electron chi connectivity index (χ2n) is 5.55. The molecule has 0 amide bonds. The van der Waals surface area contributed by atoms with Crippen molar-refractivity contribution in [1.29, 1.82) is 0 Å². The zero-order chi connectivity index (χ0) is 14.8. The minimum atomic E-state index is -0.538. The minimum Gasteiger partial charge on any atom is -0.455 e. The minimum absolute atomic E-state index is 0.269. The van der Waals surface area contributed by atoms with Crippen molar-refractivity contribution in [2.75, 3.05) is 0 Å². The Hall–Kier alpha value is -2.18. The van der Waals surface area contributed by atoms with Gasteiger partial charge in [0.1, 0.15) is 5.60 Å². The average Bonchev–Trinajstić information content (AvgIpc) is 2.93. The zero-order valence-corrected chi connectivity index (χ0v) is 12.2. The van der Waals surface area contributed by atoms with Crippen LogP contribution in [0.3, 0.4) is 0 Å². The Morgan fingerprint density at radius 3 is 2.70 bits per heavy atom. The summed E-state index contributed by atoms with van der Waals surface area (Å²) in [4.78, 5) is 15.9. The summed E-state index contributed by atoms with van der Waals surface area (Å²) in [5.74, 6) is -0.441. The molecule has 20 heavy (non-hydrogen) atoms. The van der Waals surface area contributed by atoms with Crippen LogP contribution in [0.2, 0.25) is 0 Å². The lowest BCUT2D eigenvalue weighted by Gasteiger charge is -2.18. The Morgan fingerprint density at radius 1 is 1.35 bits per heavy atom. The molecule has 0 N–H and O–H groups in total. The topological polar surface area (TPSA) is 74.8 Å². The highest BCUT2D eigenvalue weighted by atomic mass is 16.6. The summed E-state index contributed by atoms with van der Waals surface area (Å²) in [6, 6.07) is 0. The van der Waals surface area contributed by atoms with E-state index < -0.39 is 11.6 Å². The number of esters is 1. The summed E-state index contributed by atoms with van der Waals surface area (Å²) in [5, 5.41) is 7.91. The molecule has 0 spiro atoms. The van der Waals surface area contributed by atoms with Crippen LogP contribution < -0.4 is 0 Å². The number of aryl methyl sites for hydroxylation is 2. The van der Waals surface area contributed by atoms with Gasteiger partial charge in [0, 0.05) is 18.9 Å². The predicted molar refractivity (Wildman–Crippen MR) is 72.2 cm³/mol. The molecule has 0 aliphatic rings. The van der Waals surface area contributed by atoms with Crippen molar-refractivity contribution < 1.29 is 9.53 Å². The molecule has 0 unspecified atom stereocenters. The Labute approximate surface area is 117 Å². The van der Waals surface area contributed by atoms with E-state index in [-0.39, 0.29) is 5.69 Å². The van der Waals surface area contributed by atoms with Crippen molar-refractivity contribution in [3.05, 3.63) is 30.1 Å². The van der Waals surface area contributed by atoms with Crippen molar-refractivity contribution >= 4 is 5.97 Å². The number of carbonyl (C=O) groups is 1. The molecule has 0 aliphatic heterocycles. The van der Waals surface area contributed by atoms with Gasteiger partial charge in [-0.3, -0.25) is 0 Å². The van der Waals surface area contributed by atoms with Gasteiger partial charge in [-0.05, 0) is 27.7 Å². The van der Waals surface area contributed by atoms with Crippen LogP contribution in [0.15, 0.2) is 18.7 Å². The number of ether oxygens (including phenoxy) is 1. The number of nitrogens with zero attached hydrogens (tertiary/aromatic N) is 5. The van der Waals surface area contributed by atoms with Crippen LogP contribution in [0.1, 0.15) is 37.0 Å². The van der Waals surface area contributed by atoms with Gasteiger partial charge in [0.25, 0.3) is 0 Å². The molecule has 0 radical (unpaired) electrons. The van der Waals surface area contributed by atoms with Gasteiger partial charge in [-0.25, -0.2) is 14.5 Å². The first-order valence-corrected chi connectivity index (χ1v) is 6.46. The molecule has 7 nitrogen and oxygen atoms in total. The lowest BCUT2D eigenvalue weighted by molar-refractivity contribution is 0.00618. The van der Waals surface area contributed by atoms with Gasteiger partial charge in [-0.15, -0.1) is 5.10 Å². The summed E-state index contributed by atoms with van der Waals surface area (Å²) in [5.41, 5.74) is 0.439. The maximum atomic E-state index is 12.0. The van der Waals surface area contributed by atoms with E-state index in [1.54, 1.807) is 17.2 Å². The smallest absolute Gasteiger partial charge is 0.361 e. The highest BCUT2D eigenvalue weighted by molar-refractivity contribution is 5.88. The molecule has 0 fully saturated rings. The van der Waals surface area contributed by atoms with Gasteiger partial charge in [-0.1, -0.05) is 5.21 Å². The molecular formula is C13H19N5O2. The fourth-order valence-electron chi connectivity index (χ4n) is 1.72. The molecule has 2 aromatic heterocycles. The second kappa shape index (κ2) is 5.44. The Kier molecular flexibility index (Phi) is 3.87. The van der Waals surface area contributed by atoms with Crippen molar-refractivity contribution in [3.8, 4) is 0 Å². The molecule has 0 aliphatic carbocycles. The monoisotopic (exact) mass is 277 g/mol. The first kappa shape index (κ1) is 14.2. The Bertz CT molecular complexity index is 580. The van der Waals surface area contributed by atoms with Crippen LogP contribution in [0.4, 0.5) is 0 Å². The molecular weight excluding hydrogens is 258 g/mol. The molecule has 0 saturated heterocycles. The van der Waals surface area contributed by atoms with Gasteiger partial charge in [0.05, 0.1) is 18.6 Å². The predicted octanol–water partition coefficient (Wildman–Crippen LogP) is 1.44. The highest BCUT2D eigenvalue weighted by Gasteiger charge is 2.23. The average molecular weight is 277 g/mol. The number of aromatic nitrogens is 5. The van der Waals surface area contributed by atoms with E-state index in [4.69, 9.17) is 4.74 Å². The van der Waals surface area contributed by atoms with Gasteiger partial charge >= 0.3 is 5.97 Å². The number of imidazole rings is 1. The van der Waals surface area contributed by atoms with Crippen LogP contribution in [-0.2, 0) is 17.8 Å². The summed E-state index contributed by atoms with van der Waals surface area (Å²) >= 11 is 0. The SMILES string of the molecule is Cc1c(C(=O)OC(C)(C)C)nnn1CCn1ccnc1. The van der Waals surface area contributed by atoms with E-state index in [0.29, 0.717) is 12.2 Å². The number of hydrogen-bond donors (Lipinski definition) is 0. The van der Waals surface area contributed by atoms with Crippen LogP contribution >= 0.6 is 0 Å². The first-order valence-electron chi connectivity index (χ1n) is 6.46. The van der Waals surface area contributed by atoms with E-state index in [1.807, 2.05) is 38.5 Å². The van der Waals surface area contributed by atoms with Crippen LogP contribution in [0, 0.1) is 6.92 Å². The fourth-order valence-corrected chi connectivity index (χ4v) is 1.72. The largest absolute Gasteiger partial charge is 0.455 e. The maximum absolute atomic E-state index is 12.0. The van der Waals surface area contributed by atoms with Crippen molar-refractivity contribution in [3.63, 3.8) is 0 Å². The summed E-state index contributed by atoms with van der Waals surface area (Å²) in [7, 11) is 0. The lowest BCUT2D eigenvalue weighted by atomic mass is 10.2. The molecule has 108 valence electrons. The third-order valence-corrected chi connectivity index (χ3v) is 2.70. The second-order valence-corrected chi connectivity index (χ2v) is 5.55. The van der Waals surface area contributed by atoms with Crippen molar-refractivity contribution in [1.82, 2.24) is 24.5 Å². The van der Waals surface area contributed by atoms with E-state index >= 15 is 0 Å². The van der Waals surface area contributed by atoms with Crippen molar-refractivity contribution in [2.45, 2.75) is 46.4 Å². The van der Waals surface area contributed by atoms with E-state index in [2.05, 4.69) is 15.3 Å². The highest BCUT2D eigenvalue weighted by Crippen LogP contribution is 2.13. The van der Waals surface area contributed by atoms with Crippen LogP contribution in [0.25, 0.3) is 0 Å². The van der Waals surface area contributed by atoms with Gasteiger partial charge in [0.2, 0.25) is 0 Å². The Balaban J connectivity index is 2.05. The zero-order valence-electron chi connectivity index (χ0n) is 12.2. The van der Waals surface area contributed by atoms with Crippen LogP contribution in [-0.4, -0.2) is 36.1 Å². The molecule has 2 heterocycles. The van der Waals surface area contributed by atoms with E-state index in [9.17, 15) is 4.79 Å². The summed E-state index contributed by atoms with van der Waals surface area (Å²) < 4.78 is 8.93. The lowest BCUT2D eigenvalue weighted by Crippen LogP contribution is -2.24. The number of hydrogen-bond acceptors (Lipinski definition) is 5.